The lowest BCUT2D eigenvalue weighted by Crippen LogP contribution is -2.35. The Bertz CT molecular complexity index is 925. The second-order valence-corrected chi connectivity index (χ2v) is 8.33. The van der Waals surface area contributed by atoms with Crippen LogP contribution < -0.4 is 10.9 Å². The Balaban J connectivity index is 1.58. The smallest absolute Gasteiger partial charge is 0.309 e. The molecule has 0 aromatic carbocycles. The summed E-state index contributed by atoms with van der Waals surface area (Å²) < 4.78 is 10.6. The van der Waals surface area contributed by atoms with Gasteiger partial charge in [-0.25, -0.2) is 0 Å². The summed E-state index contributed by atoms with van der Waals surface area (Å²) in [5, 5.41) is 12.9. The molecule has 29 heavy (non-hydrogen) atoms. The number of aliphatic hydroxyl groups is 1. The van der Waals surface area contributed by atoms with Crippen molar-refractivity contribution in [2.24, 2.45) is 11.8 Å². The maximum Gasteiger partial charge on any atom is 0.309 e. The molecule has 0 saturated heterocycles. The molecule has 2 heterocycles. The van der Waals surface area contributed by atoms with Gasteiger partial charge in [-0.15, -0.1) is 0 Å². The Labute approximate surface area is 168 Å². The highest BCUT2D eigenvalue weighted by Crippen LogP contribution is 2.32. The van der Waals surface area contributed by atoms with Gasteiger partial charge in [-0.05, 0) is 57.9 Å². The molecule has 3 N–H and O–H groups in total. The van der Waals surface area contributed by atoms with Crippen molar-refractivity contribution in [1.82, 2.24) is 10.3 Å². The average molecular weight is 402 g/mol. The Morgan fingerprint density at radius 3 is 2.66 bits per heavy atom. The maximum atomic E-state index is 12.4. The standard InChI is InChI=1S/C21H26N2O6/c1-21(2,3)29-20(27)12-9-13(16(24)10-12)11-22-18(25)14-6-7-15(23-19(14)26)17-5-4-8-28-17/h4-8,12-13,16,24H,9-11H2,1-3H3,(H,22,25)(H,23,26)/t12-,13+,16-/m0/s1. The maximum absolute atomic E-state index is 12.4. The van der Waals surface area contributed by atoms with Crippen LogP contribution in [0.4, 0.5) is 0 Å². The predicted octanol–water partition coefficient (Wildman–Crippen LogP) is 2.09. The van der Waals surface area contributed by atoms with Crippen LogP contribution in [0.25, 0.3) is 11.5 Å². The fourth-order valence-corrected chi connectivity index (χ4v) is 3.45. The van der Waals surface area contributed by atoms with E-state index < -0.39 is 29.1 Å². The monoisotopic (exact) mass is 402 g/mol. The number of amides is 1. The number of hydrogen-bond acceptors (Lipinski definition) is 6. The van der Waals surface area contributed by atoms with E-state index in [1.807, 2.05) is 0 Å². The number of carbonyl (C=O) groups is 2. The minimum absolute atomic E-state index is 0.0310. The molecule has 0 spiro atoms. The Morgan fingerprint density at radius 1 is 1.28 bits per heavy atom. The summed E-state index contributed by atoms with van der Waals surface area (Å²) in [5.41, 5.74) is -0.675. The molecule has 0 aliphatic heterocycles. The summed E-state index contributed by atoms with van der Waals surface area (Å²) in [5.74, 6) is -1.06. The fourth-order valence-electron chi connectivity index (χ4n) is 3.45. The van der Waals surface area contributed by atoms with Crippen molar-refractivity contribution in [3.63, 3.8) is 0 Å². The SMILES string of the molecule is CC(C)(C)OC(=O)[C@H]1C[C@H](CNC(=O)c2ccc(-c3ccco3)[nH]c2=O)[C@@H](O)C1. The molecule has 1 aliphatic carbocycles. The van der Waals surface area contributed by atoms with Crippen LogP contribution in [-0.4, -0.2) is 40.2 Å². The summed E-state index contributed by atoms with van der Waals surface area (Å²) in [6.45, 7) is 5.55. The first-order chi connectivity index (χ1) is 13.6. The van der Waals surface area contributed by atoms with Crippen LogP contribution in [0, 0.1) is 11.8 Å². The van der Waals surface area contributed by atoms with E-state index in [0.29, 0.717) is 24.3 Å². The minimum Gasteiger partial charge on any atom is -0.463 e. The highest BCUT2D eigenvalue weighted by Gasteiger charge is 2.39. The van der Waals surface area contributed by atoms with Gasteiger partial charge in [0.25, 0.3) is 11.5 Å². The summed E-state index contributed by atoms with van der Waals surface area (Å²) in [6, 6.07) is 6.43. The van der Waals surface area contributed by atoms with E-state index in [-0.39, 0.29) is 24.0 Å². The van der Waals surface area contributed by atoms with Gasteiger partial charge >= 0.3 is 5.97 Å². The van der Waals surface area contributed by atoms with Gasteiger partial charge in [0.15, 0.2) is 0 Å². The number of pyridine rings is 1. The molecular formula is C21H26N2O6. The zero-order chi connectivity index (χ0) is 21.2. The van der Waals surface area contributed by atoms with Crippen molar-refractivity contribution in [1.29, 1.82) is 0 Å². The highest BCUT2D eigenvalue weighted by molar-refractivity contribution is 5.94. The number of esters is 1. The third-order valence-electron chi connectivity index (χ3n) is 4.86. The van der Waals surface area contributed by atoms with Gasteiger partial charge in [-0.2, -0.15) is 0 Å². The lowest BCUT2D eigenvalue weighted by Gasteiger charge is -2.22. The Kier molecular flexibility index (Phi) is 5.93. The first-order valence-electron chi connectivity index (χ1n) is 9.60. The summed E-state index contributed by atoms with van der Waals surface area (Å²) in [6.07, 6.45) is 1.50. The second-order valence-electron chi connectivity index (χ2n) is 8.33. The minimum atomic E-state index is -0.715. The van der Waals surface area contributed by atoms with Crippen molar-refractivity contribution in [3.8, 4) is 11.5 Å². The molecule has 0 unspecified atom stereocenters. The predicted molar refractivity (Wildman–Crippen MR) is 105 cm³/mol. The normalized spacial score (nSPS) is 21.7. The van der Waals surface area contributed by atoms with E-state index in [9.17, 15) is 19.5 Å². The van der Waals surface area contributed by atoms with Gasteiger partial charge < -0.3 is 24.6 Å². The number of H-pyrrole nitrogens is 1. The second kappa shape index (κ2) is 8.24. The molecule has 2 aromatic heterocycles. The molecule has 156 valence electrons. The van der Waals surface area contributed by atoms with Crippen LogP contribution in [0.3, 0.4) is 0 Å². The molecule has 0 bridgehead atoms. The number of aromatic amines is 1. The molecule has 1 aliphatic rings. The zero-order valence-electron chi connectivity index (χ0n) is 16.7. The van der Waals surface area contributed by atoms with E-state index in [1.165, 1.54) is 12.3 Å². The number of nitrogens with one attached hydrogen (secondary N) is 2. The van der Waals surface area contributed by atoms with Crippen LogP contribution in [0.15, 0.2) is 39.7 Å². The van der Waals surface area contributed by atoms with Crippen LogP contribution in [-0.2, 0) is 9.53 Å². The topological polar surface area (TPSA) is 122 Å². The van der Waals surface area contributed by atoms with Gasteiger partial charge in [0.05, 0.1) is 24.0 Å². The molecule has 1 saturated carbocycles. The first-order valence-corrected chi connectivity index (χ1v) is 9.60. The van der Waals surface area contributed by atoms with Crippen molar-refractivity contribution in [3.05, 3.63) is 46.4 Å². The first kappa shape index (κ1) is 20.9. The lowest BCUT2D eigenvalue weighted by molar-refractivity contribution is -0.160. The number of hydrogen-bond donors (Lipinski definition) is 3. The number of furan rings is 1. The Morgan fingerprint density at radius 2 is 2.03 bits per heavy atom. The molecule has 8 nitrogen and oxygen atoms in total. The van der Waals surface area contributed by atoms with Gasteiger partial charge in [0.2, 0.25) is 0 Å². The van der Waals surface area contributed by atoms with Crippen molar-refractivity contribution in [2.45, 2.75) is 45.3 Å². The van der Waals surface area contributed by atoms with Crippen LogP contribution in [0.2, 0.25) is 0 Å². The van der Waals surface area contributed by atoms with Crippen molar-refractivity contribution < 1.29 is 23.8 Å². The van der Waals surface area contributed by atoms with Crippen LogP contribution >= 0.6 is 0 Å². The third-order valence-corrected chi connectivity index (χ3v) is 4.86. The molecule has 3 atom stereocenters. The van der Waals surface area contributed by atoms with E-state index in [0.717, 1.165) is 0 Å². The molecule has 1 amide bonds. The molecule has 8 heteroatoms. The largest absolute Gasteiger partial charge is 0.463 e. The van der Waals surface area contributed by atoms with Crippen molar-refractivity contribution >= 4 is 11.9 Å². The van der Waals surface area contributed by atoms with Crippen LogP contribution in [0.5, 0.6) is 0 Å². The quantitative estimate of drug-likeness (QED) is 0.659. The number of aromatic nitrogens is 1. The molecule has 3 rings (SSSR count). The summed E-state index contributed by atoms with van der Waals surface area (Å²) in [4.78, 5) is 39.5. The lowest BCUT2D eigenvalue weighted by atomic mass is 10.0. The van der Waals surface area contributed by atoms with E-state index in [1.54, 1.807) is 39.0 Å². The zero-order valence-corrected chi connectivity index (χ0v) is 16.7. The number of carbonyl (C=O) groups excluding carboxylic acids is 2. The van der Waals surface area contributed by atoms with Crippen molar-refractivity contribution in [2.75, 3.05) is 6.54 Å². The molecule has 0 radical (unpaired) electrons. The number of ether oxygens (including phenoxy) is 1. The highest BCUT2D eigenvalue weighted by atomic mass is 16.6. The third kappa shape index (κ3) is 5.14. The van der Waals surface area contributed by atoms with E-state index in [2.05, 4.69) is 10.3 Å². The van der Waals surface area contributed by atoms with E-state index in [4.69, 9.17) is 9.15 Å². The van der Waals surface area contributed by atoms with Gasteiger partial charge in [-0.3, -0.25) is 14.4 Å². The molecular weight excluding hydrogens is 376 g/mol. The summed E-state index contributed by atoms with van der Waals surface area (Å²) >= 11 is 0. The number of rotatable bonds is 5. The van der Waals surface area contributed by atoms with E-state index >= 15 is 0 Å². The van der Waals surface area contributed by atoms with Crippen LogP contribution in [0.1, 0.15) is 44.0 Å². The summed E-state index contributed by atoms with van der Waals surface area (Å²) in [7, 11) is 0. The molecule has 1 fully saturated rings. The number of aliphatic hydroxyl groups excluding tert-OH is 1. The van der Waals surface area contributed by atoms with Gasteiger partial charge in [0.1, 0.15) is 16.9 Å². The Hall–Kier alpha value is -2.87. The fraction of sp³-hybridized carbons (Fsp3) is 0.476. The average Bonchev–Trinajstić information content (AvgIpc) is 3.28. The molecule has 2 aromatic rings. The van der Waals surface area contributed by atoms with Gasteiger partial charge in [0, 0.05) is 12.5 Å². The van der Waals surface area contributed by atoms with Gasteiger partial charge in [-0.1, -0.05) is 0 Å².